The van der Waals surface area contributed by atoms with E-state index in [9.17, 15) is 9.18 Å². The maximum absolute atomic E-state index is 12.9. The van der Waals surface area contributed by atoms with E-state index in [0.29, 0.717) is 11.7 Å². The van der Waals surface area contributed by atoms with Gasteiger partial charge in [0.2, 0.25) is 5.91 Å². The van der Waals surface area contributed by atoms with E-state index in [-0.39, 0.29) is 17.5 Å². The number of nitrogens with zero attached hydrogens (tertiary/aromatic N) is 3. The molecule has 0 saturated carbocycles. The van der Waals surface area contributed by atoms with Crippen LogP contribution in [0.3, 0.4) is 0 Å². The molecule has 0 fully saturated rings. The first-order chi connectivity index (χ1) is 13.0. The Hall–Kier alpha value is -2.87. The highest BCUT2D eigenvalue weighted by molar-refractivity contribution is 7.99. The number of carbonyl (C=O) groups is 1. The number of hydrogen-bond acceptors (Lipinski definition) is 5. The summed E-state index contributed by atoms with van der Waals surface area (Å²) < 4.78 is 14.8. The molecule has 0 aliphatic carbocycles. The average Bonchev–Trinajstić information content (AvgIpc) is 3.01. The van der Waals surface area contributed by atoms with Gasteiger partial charge in [0.25, 0.3) is 0 Å². The van der Waals surface area contributed by atoms with Gasteiger partial charge in [0.05, 0.1) is 12.3 Å². The number of rotatable bonds is 7. The zero-order chi connectivity index (χ0) is 19.2. The molecule has 1 aromatic heterocycles. The second-order valence-electron chi connectivity index (χ2n) is 5.97. The predicted molar refractivity (Wildman–Crippen MR) is 105 cm³/mol. The molecule has 0 radical (unpaired) electrons. The summed E-state index contributed by atoms with van der Waals surface area (Å²) in [5, 5.41) is 15.0. The van der Waals surface area contributed by atoms with Crippen molar-refractivity contribution in [3.05, 3.63) is 65.7 Å². The lowest BCUT2D eigenvalue weighted by molar-refractivity contribution is -0.113. The summed E-state index contributed by atoms with van der Waals surface area (Å²) in [5.74, 6) is 0.595. The van der Waals surface area contributed by atoms with E-state index in [1.807, 2.05) is 42.8 Å². The maximum Gasteiger partial charge on any atom is 0.234 e. The minimum atomic E-state index is -0.276. The van der Waals surface area contributed by atoms with Crippen molar-refractivity contribution in [2.75, 3.05) is 16.4 Å². The fraction of sp³-hybridized carbons (Fsp3) is 0.211. The summed E-state index contributed by atoms with van der Waals surface area (Å²) in [6.07, 6.45) is 0. The maximum atomic E-state index is 12.9. The lowest BCUT2D eigenvalue weighted by Gasteiger charge is -2.08. The summed E-state index contributed by atoms with van der Waals surface area (Å²) in [5.41, 5.74) is 2.63. The van der Waals surface area contributed by atoms with Crippen molar-refractivity contribution in [1.29, 1.82) is 0 Å². The van der Waals surface area contributed by atoms with Crippen molar-refractivity contribution >= 4 is 29.0 Å². The molecule has 0 bridgehead atoms. The second-order valence-corrected chi connectivity index (χ2v) is 6.91. The van der Waals surface area contributed by atoms with Gasteiger partial charge >= 0.3 is 0 Å². The molecule has 6 nitrogen and oxygen atoms in total. The van der Waals surface area contributed by atoms with Crippen LogP contribution < -0.4 is 10.6 Å². The molecule has 3 rings (SSSR count). The zero-order valence-corrected chi connectivity index (χ0v) is 15.9. The van der Waals surface area contributed by atoms with E-state index in [2.05, 4.69) is 20.8 Å². The Kier molecular flexibility index (Phi) is 6.08. The molecule has 0 unspecified atom stereocenters. The molecule has 2 aromatic carbocycles. The van der Waals surface area contributed by atoms with Crippen molar-refractivity contribution in [2.45, 2.75) is 18.6 Å². The van der Waals surface area contributed by atoms with Crippen LogP contribution in [0.5, 0.6) is 0 Å². The highest BCUT2D eigenvalue weighted by Gasteiger charge is 2.12. The number of amides is 1. The molecule has 0 aliphatic heterocycles. The van der Waals surface area contributed by atoms with E-state index >= 15 is 0 Å². The van der Waals surface area contributed by atoms with E-state index in [4.69, 9.17) is 0 Å². The van der Waals surface area contributed by atoms with Crippen LogP contribution in [0.2, 0.25) is 0 Å². The fourth-order valence-corrected chi connectivity index (χ4v) is 3.13. The van der Waals surface area contributed by atoms with Gasteiger partial charge in [-0.05, 0) is 42.8 Å². The topological polar surface area (TPSA) is 71.8 Å². The monoisotopic (exact) mass is 385 g/mol. The SMILES string of the molecule is Cc1ccccc1NC(=O)CSc1nnc(CNc2ccc(F)cc2)n1C. The Bertz CT molecular complexity index is 926. The molecule has 27 heavy (non-hydrogen) atoms. The first-order valence-corrected chi connectivity index (χ1v) is 9.37. The smallest absolute Gasteiger partial charge is 0.234 e. The molecule has 0 aliphatic rings. The highest BCUT2D eigenvalue weighted by Crippen LogP contribution is 2.18. The van der Waals surface area contributed by atoms with Crippen LogP contribution in [-0.4, -0.2) is 26.4 Å². The number of hydrogen-bond donors (Lipinski definition) is 2. The van der Waals surface area contributed by atoms with Gasteiger partial charge in [-0.2, -0.15) is 0 Å². The molecule has 0 spiro atoms. The second kappa shape index (κ2) is 8.68. The molecule has 1 heterocycles. The number of thioether (sulfide) groups is 1. The number of aromatic nitrogens is 3. The van der Waals surface area contributed by atoms with Crippen molar-refractivity contribution in [2.24, 2.45) is 7.05 Å². The van der Waals surface area contributed by atoms with Crippen LogP contribution in [0.4, 0.5) is 15.8 Å². The Morgan fingerprint density at radius 2 is 1.89 bits per heavy atom. The first kappa shape index (κ1) is 18.9. The number of benzene rings is 2. The van der Waals surface area contributed by atoms with Gasteiger partial charge in [-0.15, -0.1) is 10.2 Å². The third-order valence-electron chi connectivity index (χ3n) is 3.97. The van der Waals surface area contributed by atoms with Gasteiger partial charge in [0.15, 0.2) is 11.0 Å². The quantitative estimate of drug-likeness (QED) is 0.608. The van der Waals surface area contributed by atoms with E-state index < -0.39 is 0 Å². The summed E-state index contributed by atoms with van der Waals surface area (Å²) in [7, 11) is 1.85. The number of nitrogens with one attached hydrogen (secondary N) is 2. The molecule has 140 valence electrons. The van der Waals surface area contributed by atoms with Crippen molar-refractivity contribution in [1.82, 2.24) is 14.8 Å². The van der Waals surface area contributed by atoms with Crippen LogP contribution in [0.25, 0.3) is 0 Å². The number of carbonyl (C=O) groups excluding carboxylic acids is 1. The molecular formula is C19H20FN5OS. The van der Waals surface area contributed by atoms with Crippen molar-refractivity contribution in [3.8, 4) is 0 Å². The van der Waals surface area contributed by atoms with Crippen LogP contribution in [0.1, 0.15) is 11.4 Å². The molecule has 2 N–H and O–H groups in total. The lowest BCUT2D eigenvalue weighted by Crippen LogP contribution is -2.15. The highest BCUT2D eigenvalue weighted by atomic mass is 32.2. The van der Waals surface area contributed by atoms with Crippen molar-refractivity contribution < 1.29 is 9.18 Å². The number of anilines is 2. The minimum Gasteiger partial charge on any atom is -0.378 e. The zero-order valence-electron chi connectivity index (χ0n) is 15.1. The molecule has 0 atom stereocenters. The Labute approximate surface area is 161 Å². The number of aryl methyl sites for hydroxylation is 1. The van der Waals surface area contributed by atoms with Gasteiger partial charge in [-0.25, -0.2) is 4.39 Å². The number of para-hydroxylation sites is 1. The molecule has 3 aromatic rings. The van der Waals surface area contributed by atoms with Gasteiger partial charge in [0, 0.05) is 18.4 Å². The third-order valence-corrected chi connectivity index (χ3v) is 4.99. The molecular weight excluding hydrogens is 365 g/mol. The molecule has 8 heteroatoms. The first-order valence-electron chi connectivity index (χ1n) is 8.39. The van der Waals surface area contributed by atoms with Crippen LogP contribution in [-0.2, 0) is 18.4 Å². The molecule has 0 saturated heterocycles. The number of halogens is 1. The van der Waals surface area contributed by atoms with E-state index in [1.165, 1.54) is 23.9 Å². The van der Waals surface area contributed by atoms with Crippen LogP contribution >= 0.6 is 11.8 Å². The summed E-state index contributed by atoms with van der Waals surface area (Å²) in [4.78, 5) is 12.2. The standard InChI is InChI=1S/C19H20FN5OS/c1-13-5-3-4-6-16(13)22-18(26)12-27-19-24-23-17(25(19)2)11-21-15-9-7-14(20)8-10-15/h3-10,21H,11-12H2,1-2H3,(H,22,26). The normalized spacial score (nSPS) is 10.6. The summed E-state index contributed by atoms with van der Waals surface area (Å²) in [6.45, 7) is 2.40. The van der Waals surface area contributed by atoms with Crippen molar-refractivity contribution in [3.63, 3.8) is 0 Å². The Morgan fingerprint density at radius 3 is 2.63 bits per heavy atom. The van der Waals surface area contributed by atoms with Crippen LogP contribution in [0, 0.1) is 12.7 Å². The van der Waals surface area contributed by atoms with Gasteiger partial charge in [-0.3, -0.25) is 4.79 Å². The van der Waals surface area contributed by atoms with Gasteiger partial charge in [0.1, 0.15) is 5.82 Å². The molecule has 1 amide bonds. The summed E-state index contributed by atoms with van der Waals surface area (Å²) >= 11 is 1.32. The minimum absolute atomic E-state index is 0.0942. The van der Waals surface area contributed by atoms with E-state index in [1.54, 1.807) is 12.1 Å². The lowest BCUT2D eigenvalue weighted by atomic mass is 10.2. The average molecular weight is 385 g/mol. The van der Waals surface area contributed by atoms with Gasteiger partial charge in [-0.1, -0.05) is 30.0 Å². The summed E-state index contributed by atoms with van der Waals surface area (Å²) in [6, 6.07) is 13.8. The Morgan fingerprint density at radius 1 is 1.15 bits per heavy atom. The Balaban J connectivity index is 1.53. The largest absolute Gasteiger partial charge is 0.378 e. The fourth-order valence-electron chi connectivity index (χ4n) is 2.40. The van der Waals surface area contributed by atoms with Crippen LogP contribution in [0.15, 0.2) is 53.7 Å². The third kappa shape index (κ3) is 5.07. The van der Waals surface area contributed by atoms with Gasteiger partial charge < -0.3 is 15.2 Å². The van der Waals surface area contributed by atoms with E-state index in [0.717, 1.165) is 22.8 Å². The predicted octanol–water partition coefficient (Wildman–Crippen LogP) is 3.61.